The van der Waals surface area contributed by atoms with Gasteiger partial charge in [0.05, 0.1) is 5.25 Å². The summed E-state index contributed by atoms with van der Waals surface area (Å²) in [6.07, 6.45) is 0. The smallest absolute Gasteiger partial charge is 0.316 e. The number of carboxylic acid groups (broad SMARTS) is 1. The van der Waals surface area contributed by atoms with Crippen molar-refractivity contribution in [2.75, 3.05) is 0 Å². The van der Waals surface area contributed by atoms with E-state index >= 15 is 0 Å². The number of hydrogen-bond donors (Lipinski definition) is 1. The van der Waals surface area contributed by atoms with Crippen LogP contribution >= 0.6 is 27.7 Å². The van der Waals surface area contributed by atoms with Crippen LogP contribution in [0.15, 0.2) is 28.7 Å². The Morgan fingerprint density at radius 1 is 1.50 bits per heavy atom. The molecule has 1 rings (SSSR count). The predicted octanol–water partition coefficient (Wildman–Crippen LogP) is 3.16. The minimum atomic E-state index is -0.757. The molecule has 0 fully saturated rings. The molecule has 0 aliphatic rings. The fourth-order valence-electron chi connectivity index (χ4n) is 0.873. The Bertz CT molecular complexity index is 310. The average molecular weight is 275 g/mol. The topological polar surface area (TPSA) is 37.3 Å². The van der Waals surface area contributed by atoms with Crippen LogP contribution in [-0.2, 0) is 10.5 Å². The summed E-state index contributed by atoms with van der Waals surface area (Å²) in [5, 5.41) is 8.33. The third-order valence-electron chi connectivity index (χ3n) is 1.76. The summed E-state index contributed by atoms with van der Waals surface area (Å²) < 4.78 is 1.04. The molecule has 76 valence electrons. The fraction of sp³-hybridized carbons (Fsp3) is 0.300. The molecule has 2 nitrogen and oxygen atoms in total. The van der Waals surface area contributed by atoms with Crippen LogP contribution in [0.1, 0.15) is 12.5 Å². The zero-order valence-corrected chi connectivity index (χ0v) is 10.1. The Morgan fingerprint density at radius 3 is 2.57 bits per heavy atom. The van der Waals surface area contributed by atoms with Crippen molar-refractivity contribution < 1.29 is 9.90 Å². The zero-order chi connectivity index (χ0) is 10.6. The van der Waals surface area contributed by atoms with E-state index in [0.29, 0.717) is 0 Å². The van der Waals surface area contributed by atoms with Crippen LogP contribution in [0.5, 0.6) is 0 Å². The first kappa shape index (κ1) is 11.6. The summed E-state index contributed by atoms with van der Waals surface area (Å²) in [6, 6.07) is 7.90. The number of carboxylic acids is 1. The van der Waals surface area contributed by atoms with Crippen LogP contribution in [0.4, 0.5) is 0 Å². The Labute approximate surface area is 95.8 Å². The van der Waals surface area contributed by atoms with Crippen LogP contribution in [0, 0.1) is 0 Å². The monoisotopic (exact) mass is 274 g/mol. The number of aliphatic carboxylic acids is 1. The third kappa shape index (κ3) is 3.72. The second kappa shape index (κ2) is 5.41. The van der Waals surface area contributed by atoms with Crippen LogP contribution in [0.2, 0.25) is 0 Å². The molecule has 0 saturated heterocycles. The number of carbonyl (C=O) groups is 1. The van der Waals surface area contributed by atoms with Crippen LogP contribution in [0.25, 0.3) is 0 Å². The first-order valence-corrected chi connectivity index (χ1v) is 6.02. The summed E-state index contributed by atoms with van der Waals surface area (Å²) in [4.78, 5) is 10.5. The highest BCUT2D eigenvalue weighted by Gasteiger charge is 2.10. The lowest BCUT2D eigenvalue weighted by atomic mass is 10.2. The van der Waals surface area contributed by atoms with E-state index < -0.39 is 5.97 Å². The molecule has 0 saturated carbocycles. The van der Waals surface area contributed by atoms with Crippen LogP contribution in [0.3, 0.4) is 0 Å². The number of halogens is 1. The molecule has 0 aliphatic heterocycles. The molecule has 1 aromatic rings. The van der Waals surface area contributed by atoms with Gasteiger partial charge < -0.3 is 5.11 Å². The van der Waals surface area contributed by atoms with Crippen molar-refractivity contribution in [1.29, 1.82) is 0 Å². The number of hydrogen-bond acceptors (Lipinski definition) is 2. The molecule has 4 heteroatoms. The maximum absolute atomic E-state index is 10.5. The van der Waals surface area contributed by atoms with E-state index in [1.54, 1.807) is 6.92 Å². The highest BCUT2D eigenvalue weighted by Crippen LogP contribution is 2.19. The Morgan fingerprint density at radius 2 is 2.07 bits per heavy atom. The molecule has 14 heavy (non-hydrogen) atoms. The van der Waals surface area contributed by atoms with Gasteiger partial charge in [-0.3, -0.25) is 4.79 Å². The van der Waals surface area contributed by atoms with E-state index in [2.05, 4.69) is 15.9 Å². The van der Waals surface area contributed by atoms with Crippen molar-refractivity contribution >= 4 is 33.7 Å². The Kier molecular flexibility index (Phi) is 4.48. The molecule has 0 spiro atoms. The molecule has 1 N–H and O–H groups in total. The molecule has 0 aliphatic carbocycles. The largest absolute Gasteiger partial charge is 0.480 e. The summed E-state index contributed by atoms with van der Waals surface area (Å²) in [5.74, 6) is -0.0205. The lowest BCUT2D eigenvalue weighted by Crippen LogP contribution is -2.11. The minimum absolute atomic E-state index is 0.348. The van der Waals surface area contributed by atoms with E-state index in [1.807, 2.05) is 24.3 Å². The quantitative estimate of drug-likeness (QED) is 0.917. The first-order chi connectivity index (χ1) is 6.59. The number of rotatable bonds is 4. The maximum Gasteiger partial charge on any atom is 0.316 e. The molecule has 1 atom stereocenters. The number of thioether (sulfide) groups is 1. The number of benzene rings is 1. The lowest BCUT2D eigenvalue weighted by molar-refractivity contribution is -0.136. The van der Waals surface area contributed by atoms with Crippen molar-refractivity contribution in [3.63, 3.8) is 0 Å². The van der Waals surface area contributed by atoms with Gasteiger partial charge in [0.2, 0.25) is 0 Å². The molecule has 0 heterocycles. The summed E-state index contributed by atoms with van der Waals surface area (Å²) >= 11 is 4.78. The van der Waals surface area contributed by atoms with Crippen LogP contribution in [-0.4, -0.2) is 16.3 Å². The highest BCUT2D eigenvalue weighted by molar-refractivity contribution is 9.10. The SMILES string of the molecule is CC(SCc1ccc(Br)cc1)C(=O)O. The molecule has 1 aromatic carbocycles. The van der Waals surface area contributed by atoms with Gasteiger partial charge in [0.1, 0.15) is 0 Å². The summed E-state index contributed by atoms with van der Waals surface area (Å²) in [6.45, 7) is 1.70. The Hall–Kier alpha value is -0.480. The molecule has 0 radical (unpaired) electrons. The van der Waals surface area contributed by atoms with Crippen molar-refractivity contribution in [3.05, 3.63) is 34.3 Å². The van der Waals surface area contributed by atoms with Gasteiger partial charge in [-0.05, 0) is 24.6 Å². The van der Waals surface area contributed by atoms with Crippen molar-refractivity contribution in [2.45, 2.75) is 17.9 Å². The molecule has 1 unspecified atom stereocenters. The van der Waals surface area contributed by atoms with Crippen LogP contribution < -0.4 is 0 Å². The van der Waals surface area contributed by atoms with E-state index in [4.69, 9.17) is 5.11 Å². The minimum Gasteiger partial charge on any atom is -0.480 e. The Balaban J connectivity index is 2.46. The van der Waals surface area contributed by atoms with E-state index in [0.717, 1.165) is 15.8 Å². The average Bonchev–Trinajstić information content (AvgIpc) is 2.16. The maximum atomic E-state index is 10.5. The van der Waals surface area contributed by atoms with Gasteiger partial charge in [0.15, 0.2) is 0 Å². The van der Waals surface area contributed by atoms with Gasteiger partial charge in [0.25, 0.3) is 0 Å². The molecule has 0 aromatic heterocycles. The highest BCUT2D eigenvalue weighted by atomic mass is 79.9. The second-order valence-corrected chi connectivity index (χ2v) is 5.16. The first-order valence-electron chi connectivity index (χ1n) is 4.18. The molecular formula is C10H11BrO2S. The summed E-state index contributed by atoms with van der Waals surface area (Å²) in [7, 11) is 0. The molecule has 0 amide bonds. The van der Waals surface area contributed by atoms with Gasteiger partial charge >= 0.3 is 5.97 Å². The van der Waals surface area contributed by atoms with Crippen molar-refractivity contribution in [3.8, 4) is 0 Å². The molecule has 0 bridgehead atoms. The van der Waals surface area contributed by atoms with Gasteiger partial charge in [-0.1, -0.05) is 28.1 Å². The van der Waals surface area contributed by atoms with Crippen molar-refractivity contribution in [2.24, 2.45) is 0 Å². The standard InChI is InChI=1S/C10H11BrO2S/c1-7(10(12)13)14-6-8-2-4-9(11)5-3-8/h2-5,7H,6H2,1H3,(H,12,13). The van der Waals surface area contributed by atoms with Gasteiger partial charge in [-0.15, -0.1) is 11.8 Å². The van der Waals surface area contributed by atoms with Gasteiger partial charge in [-0.25, -0.2) is 0 Å². The van der Waals surface area contributed by atoms with E-state index in [9.17, 15) is 4.79 Å². The van der Waals surface area contributed by atoms with Gasteiger partial charge in [0, 0.05) is 10.2 Å². The predicted molar refractivity (Wildman–Crippen MR) is 62.5 cm³/mol. The fourth-order valence-corrected chi connectivity index (χ4v) is 1.91. The molecular weight excluding hydrogens is 264 g/mol. The van der Waals surface area contributed by atoms with E-state index in [-0.39, 0.29) is 5.25 Å². The third-order valence-corrected chi connectivity index (χ3v) is 3.49. The summed E-state index contributed by atoms with van der Waals surface area (Å²) in [5.41, 5.74) is 1.14. The second-order valence-electron chi connectivity index (χ2n) is 2.92. The normalized spacial score (nSPS) is 12.4. The van der Waals surface area contributed by atoms with E-state index in [1.165, 1.54) is 11.8 Å². The zero-order valence-electron chi connectivity index (χ0n) is 7.74. The van der Waals surface area contributed by atoms with Gasteiger partial charge in [-0.2, -0.15) is 0 Å². The van der Waals surface area contributed by atoms with Crippen molar-refractivity contribution in [1.82, 2.24) is 0 Å². The lowest BCUT2D eigenvalue weighted by Gasteiger charge is -2.05.